The van der Waals surface area contributed by atoms with Crippen LogP contribution >= 0.6 is 0 Å². The molecule has 1 aliphatic rings. The average Bonchev–Trinajstić information content (AvgIpc) is 3.35. The Labute approximate surface area is 248 Å². The van der Waals surface area contributed by atoms with Gasteiger partial charge in [0.15, 0.2) is 5.65 Å². The van der Waals surface area contributed by atoms with E-state index in [-0.39, 0.29) is 40.3 Å². The summed E-state index contributed by atoms with van der Waals surface area (Å²) in [6, 6.07) is 7.47. The Morgan fingerprint density at radius 1 is 1.18 bits per heavy atom. The summed E-state index contributed by atoms with van der Waals surface area (Å²) < 4.78 is 183. The Kier molecular flexibility index (Phi) is 3.56. The van der Waals surface area contributed by atoms with Gasteiger partial charge in [-0.05, 0) is 67.3 Å². The van der Waals surface area contributed by atoms with Crippen LogP contribution in [0.25, 0.3) is 5.65 Å². The van der Waals surface area contributed by atoms with Crippen LogP contribution in [0.3, 0.4) is 0 Å². The van der Waals surface area contributed by atoms with Gasteiger partial charge in [0.1, 0.15) is 5.69 Å². The second-order valence-corrected chi connectivity index (χ2v) is 7.82. The summed E-state index contributed by atoms with van der Waals surface area (Å²) in [5, 5.41) is 6.19. The van der Waals surface area contributed by atoms with E-state index < -0.39 is 85.0 Å². The Balaban J connectivity index is 1.56. The van der Waals surface area contributed by atoms with Crippen molar-refractivity contribution in [3.63, 3.8) is 0 Å². The fourth-order valence-electron chi connectivity index (χ4n) is 3.36. The summed E-state index contributed by atoms with van der Waals surface area (Å²) in [5.74, 6) is 4.06. The Morgan fingerprint density at radius 2 is 2.03 bits per heavy atom. The monoisotopic (exact) mass is 549 g/mol. The third-order valence-electron chi connectivity index (χ3n) is 5.18. The lowest BCUT2D eigenvalue weighted by Crippen LogP contribution is -2.44. The Morgan fingerprint density at radius 3 is 2.79 bits per heavy atom. The van der Waals surface area contributed by atoms with Gasteiger partial charge >= 0.3 is 6.18 Å². The molecule has 10 heteroatoms. The molecule has 0 aliphatic carbocycles. The molecule has 5 rings (SSSR count). The number of aromatic nitrogens is 3. The maximum Gasteiger partial charge on any atom is 0.416 e. The van der Waals surface area contributed by atoms with Gasteiger partial charge in [0.05, 0.1) is 13.1 Å². The van der Waals surface area contributed by atoms with E-state index in [1.54, 1.807) is 12.1 Å². The number of nitrogens with one attached hydrogen (secondary N) is 1. The third kappa shape index (κ3) is 6.11. The molecule has 0 atom stereocenters. The highest BCUT2D eigenvalue weighted by atomic mass is 19.4. The molecule has 1 saturated heterocycles. The highest BCUT2D eigenvalue weighted by Gasteiger charge is 2.34. The summed E-state index contributed by atoms with van der Waals surface area (Å²) in [6.07, 6.45) is -4.44. The minimum atomic E-state index is -5.53. The molecular weight excluding hydrogens is 505 g/mol. The Bertz CT molecular complexity index is 2250. The van der Waals surface area contributed by atoms with Crippen LogP contribution in [0.2, 0.25) is 0 Å². The molecule has 39 heavy (non-hydrogen) atoms. The van der Waals surface area contributed by atoms with Crippen LogP contribution in [0.4, 0.5) is 18.9 Å². The van der Waals surface area contributed by atoms with E-state index in [1.165, 1.54) is 10.7 Å². The van der Waals surface area contributed by atoms with Crippen molar-refractivity contribution in [2.75, 3.05) is 38.3 Å². The topological polar surface area (TPSA) is 65.8 Å². The van der Waals surface area contributed by atoms with E-state index in [9.17, 15) is 18.0 Å². The molecule has 0 radical (unpaired) electrons. The number of fused-ring (bicyclic) bond motifs is 1. The van der Waals surface area contributed by atoms with E-state index in [0.29, 0.717) is 12.1 Å². The van der Waals surface area contributed by atoms with Crippen molar-refractivity contribution in [1.29, 1.82) is 0 Å². The third-order valence-corrected chi connectivity index (χ3v) is 5.18. The van der Waals surface area contributed by atoms with Crippen molar-refractivity contribution in [2.45, 2.75) is 19.5 Å². The fraction of sp³-hybridized carbons (Fsp3) is 0.276. The lowest BCUT2D eigenvalue weighted by molar-refractivity contribution is -0.138. The largest absolute Gasteiger partial charge is 0.416 e. The van der Waals surface area contributed by atoms with Gasteiger partial charge in [-0.25, -0.2) is 9.50 Å². The molecule has 0 saturated carbocycles. The van der Waals surface area contributed by atoms with Crippen LogP contribution in [0, 0.1) is 18.7 Å². The summed E-state index contributed by atoms with van der Waals surface area (Å²) in [7, 11) is 0. The van der Waals surface area contributed by atoms with Crippen LogP contribution < -0.4 is 5.32 Å². The minimum Gasteiger partial charge on any atom is -0.322 e. The zero-order valence-electron chi connectivity index (χ0n) is 36.5. The quantitative estimate of drug-likeness (QED) is 0.381. The van der Waals surface area contributed by atoms with Gasteiger partial charge in [-0.3, -0.25) is 9.69 Å². The van der Waals surface area contributed by atoms with Gasteiger partial charge < -0.3 is 10.2 Å². The number of hydrogen-bond donors (Lipinski definition) is 1. The number of piperazine rings is 1. The van der Waals surface area contributed by atoms with E-state index in [1.807, 2.05) is 0 Å². The number of likely N-dealkylation sites (N-methyl/N-ethyl adjacent to an activating group) is 1. The summed E-state index contributed by atoms with van der Waals surface area (Å²) in [6.45, 7) is -27.2. The number of alkyl halides is 3. The minimum absolute atomic E-state index is 0.0285. The van der Waals surface area contributed by atoms with E-state index in [2.05, 4.69) is 27.2 Å². The fourth-order valence-corrected chi connectivity index (χ4v) is 3.36. The molecule has 7 nitrogen and oxygen atoms in total. The van der Waals surface area contributed by atoms with E-state index in [4.69, 9.17) is 23.3 Å². The first-order valence-corrected chi connectivity index (χ1v) is 10.9. The van der Waals surface area contributed by atoms with Crippen molar-refractivity contribution >= 4 is 17.2 Å². The maximum atomic E-state index is 14.6. The number of carbonyl (C=O) groups excluding carboxylic acids is 1. The highest BCUT2D eigenvalue weighted by Crippen LogP contribution is 2.34. The lowest BCUT2D eigenvalue weighted by Gasteiger charge is -2.33. The van der Waals surface area contributed by atoms with Crippen molar-refractivity contribution in [3.05, 3.63) is 94.4 Å². The standard InChI is InChI=1S/C29H27F3N6O/c1-20-5-6-22(16-21(20)8-10-25-18-33-27-4-3-11-34-38(25)27)28(39)35-24-9-7-23(26(17-24)29(30,31)32)19-37-14-12-36(2)13-15-37/h3-7,9,11,16-18H,12-15,19H2,1-2H3,(H,35,39)/i1D3,2D3,12D2,13D2,14D2,15D2,18D,19D2. The van der Waals surface area contributed by atoms with Gasteiger partial charge in [0.25, 0.3) is 5.91 Å². The summed E-state index contributed by atoms with van der Waals surface area (Å²) in [4.78, 5) is 15.8. The highest BCUT2D eigenvalue weighted by molar-refractivity contribution is 6.04. The molecule has 0 unspecified atom stereocenters. The number of halogens is 3. The molecule has 3 heterocycles. The number of aryl methyl sites for hydroxylation is 1. The number of anilines is 1. The van der Waals surface area contributed by atoms with Crippen LogP contribution in [0.15, 0.2) is 60.9 Å². The normalized spacial score (nSPS) is 27.3. The molecule has 0 bridgehead atoms. The van der Waals surface area contributed by atoms with Crippen LogP contribution in [0.5, 0.6) is 0 Å². The van der Waals surface area contributed by atoms with Crippen LogP contribution in [0.1, 0.15) is 61.6 Å². The number of carbonyl (C=O) groups is 1. The number of benzene rings is 2. The summed E-state index contributed by atoms with van der Waals surface area (Å²) >= 11 is 0. The van der Waals surface area contributed by atoms with E-state index in [0.717, 1.165) is 18.2 Å². The zero-order chi connectivity index (χ0) is 42.4. The van der Waals surface area contributed by atoms with Gasteiger partial charge in [-0.2, -0.15) is 18.3 Å². The van der Waals surface area contributed by atoms with Gasteiger partial charge in [0.2, 0.25) is 0 Å². The van der Waals surface area contributed by atoms with Gasteiger partial charge in [-0.1, -0.05) is 18.1 Å². The molecule has 1 amide bonds. The molecule has 2 aromatic heterocycles. The molecule has 0 spiro atoms. The number of hydrogen-bond acceptors (Lipinski definition) is 5. The lowest BCUT2D eigenvalue weighted by atomic mass is 10.0. The molecule has 2 aromatic carbocycles. The predicted octanol–water partition coefficient (Wildman–Crippen LogP) is 4.46. The Hall–Kier alpha value is -4.20. The smallest absolute Gasteiger partial charge is 0.322 e. The van der Waals surface area contributed by atoms with Crippen molar-refractivity contribution in [1.82, 2.24) is 24.4 Å². The van der Waals surface area contributed by atoms with Crippen molar-refractivity contribution < 1.29 is 41.3 Å². The summed E-state index contributed by atoms with van der Waals surface area (Å²) in [5.41, 5.74) is -4.80. The molecule has 1 aliphatic heterocycles. The maximum absolute atomic E-state index is 14.6. The average molecular weight is 550 g/mol. The van der Waals surface area contributed by atoms with Gasteiger partial charge in [0, 0.05) is 77.4 Å². The van der Waals surface area contributed by atoms with E-state index >= 15 is 0 Å². The number of imidazole rings is 1. The van der Waals surface area contributed by atoms with Gasteiger partial charge in [-0.15, -0.1) is 0 Å². The first-order valence-electron chi connectivity index (χ1n) is 19.4. The number of nitrogens with zero attached hydrogens (tertiary/aromatic N) is 5. The molecule has 1 fully saturated rings. The SMILES string of the molecule is [2H]c1nc2cccnn2c1C#Cc1cc(C(=O)Nc2ccc(C([2H])([2H])N3C([2H])([2H])C([2H])([2H])N(C([2H])([2H])[2H])C([2H])([2H])C3([2H])[2H])c(C(F)(F)F)c2)ccc1C([2H])([2H])[2H]. The predicted molar refractivity (Wildman–Crippen MR) is 142 cm³/mol. The first-order chi connectivity index (χ1) is 25.3. The zero-order valence-corrected chi connectivity index (χ0v) is 19.5. The van der Waals surface area contributed by atoms with Crippen LogP contribution in [-0.4, -0.2) is 63.3 Å². The number of rotatable bonds is 4. The second kappa shape index (κ2) is 10.9. The molecular formula is C29H27F3N6O. The number of amides is 1. The first kappa shape index (κ1) is 12.8. The van der Waals surface area contributed by atoms with Crippen molar-refractivity contribution in [2.24, 2.45) is 0 Å². The van der Waals surface area contributed by atoms with Crippen LogP contribution in [-0.2, 0) is 12.7 Å². The second-order valence-electron chi connectivity index (χ2n) is 7.82. The molecule has 200 valence electrons. The van der Waals surface area contributed by atoms with Crippen molar-refractivity contribution in [3.8, 4) is 11.8 Å². The molecule has 1 N–H and O–H groups in total. The molecule has 4 aromatic rings.